The fraction of sp³-hybridized carbons (Fsp3) is 0.250. The number of nitrogens with one attached hydrogen (secondary N) is 1. The normalized spacial score (nSPS) is 14.1. The van der Waals surface area contributed by atoms with Gasteiger partial charge in [0.1, 0.15) is 0 Å². The quantitative estimate of drug-likeness (QED) is 0.719. The molecule has 4 heteroatoms. The van der Waals surface area contributed by atoms with Gasteiger partial charge in [0.25, 0.3) is 0 Å². The third-order valence-electron chi connectivity index (χ3n) is 3.27. The van der Waals surface area contributed by atoms with E-state index in [1.165, 1.54) is 0 Å². The Morgan fingerprint density at radius 2 is 1.55 bits per heavy atom. The van der Waals surface area contributed by atoms with Crippen LogP contribution < -0.4 is 5.32 Å². The maximum absolute atomic E-state index is 6.23. The maximum atomic E-state index is 6.23. The predicted octanol–water partition coefficient (Wildman–Crippen LogP) is 6.06. The van der Waals surface area contributed by atoms with Crippen molar-refractivity contribution in [3.05, 3.63) is 68.7 Å². The van der Waals surface area contributed by atoms with E-state index < -0.39 is 0 Å². The largest absolute Gasteiger partial charge is 0.304 e. The van der Waals surface area contributed by atoms with Crippen LogP contribution >= 0.6 is 34.8 Å². The fourth-order valence-electron chi connectivity index (χ4n) is 2.18. The Balaban J connectivity index is 2.15. The molecule has 0 saturated heterocycles. The Labute approximate surface area is 134 Å². The summed E-state index contributed by atoms with van der Waals surface area (Å²) < 4.78 is 0. The summed E-state index contributed by atoms with van der Waals surface area (Å²) in [5.74, 6) is 0. The Kier molecular flexibility index (Phi) is 5.34. The lowest BCUT2D eigenvalue weighted by Crippen LogP contribution is -2.22. The van der Waals surface area contributed by atoms with Crippen LogP contribution in [0.4, 0.5) is 0 Å². The summed E-state index contributed by atoms with van der Waals surface area (Å²) in [4.78, 5) is 0. The van der Waals surface area contributed by atoms with E-state index in [4.69, 9.17) is 34.8 Å². The number of benzene rings is 2. The minimum atomic E-state index is 0.0928. The minimum Gasteiger partial charge on any atom is -0.304 e. The van der Waals surface area contributed by atoms with Gasteiger partial charge in [-0.1, -0.05) is 46.9 Å². The van der Waals surface area contributed by atoms with Gasteiger partial charge < -0.3 is 5.32 Å². The summed E-state index contributed by atoms with van der Waals surface area (Å²) >= 11 is 18.3. The predicted molar refractivity (Wildman–Crippen MR) is 87.9 cm³/mol. The molecule has 2 atom stereocenters. The molecule has 0 aliphatic carbocycles. The second kappa shape index (κ2) is 6.82. The van der Waals surface area contributed by atoms with Gasteiger partial charge in [-0.25, -0.2) is 0 Å². The zero-order valence-electron chi connectivity index (χ0n) is 11.3. The second-order valence-corrected chi connectivity index (χ2v) is 6.11. The van der Waals surface area contributed by atoms with Gasteiger partial charge in [0.2, 0.25) is 0 Å². The van der Waals surface area contributed by atoms with Gasteiger partial charge >= 0.3 is 0 Å². The Morgan fingerprint density at radius 1 is 0.850 bits per heavy atom. The smallest absolute Gasteiger partial charge is 0.0454 e. The van der Waals surface area contributed by atoms with Crippen molar-refractivity contribution in [2.24, 2.45) is 0 Å². The summed E-state index contributed by atoms with van der Waals surface area (Å²) in [5, 5.41) is 5.65. The van der Waals surface area contributed by atoms with Crippen LogP contribution in [0, 0.1) is 0 Å². The minimum absolute atomic E-state index is 0.0928. The van der Waals surface area contributed by atoms with Crippen molar-refractivity contribution in [1.29, 1.82) is 0 Å². The van der Waals surface area contributed by atoms with Crippen LogP contribution in [0.3, 0.4) is 0 Å². The monoisotopic (exact) mass is 327 g/mol. The van der Waals surface area contributed by atoms with Crippen LogP contribution in [0.5, 0.6) is 0 Å². The average molecular weight is 329 g/mol. The second-order valence-electron chi connectivity index (χ2n) is 4.83. The highest BCUT2D eigenvalue weighted by Gasteiger charge is 2.14. The number of hydrogen-bond donors (Lipinski definition) is 1. The molecule has 0 fully saturated rings. The third kappa shape index (κ3) is 3.89. The van der Waals surface area contributed by atoms with Crippen LogP contribution in [-0.4, -0.2) is 0 Å². The summed E-state index contributed by atoms with van der Waals surface area (Å²) in [6.45, 7) is 4.17. The van der Waals surface area contributed by atoms with Crippen molar-refractivity contribution in [3.63, 3.8) is 0 Å². The van der Waals surface area contributed by atoms with Gasteiger partial charge in [-0.2, -0.15) is 0 Å². The molecule has 0 aromatic heterocycles. The molecule has 106 valence electrons. The van der Waals surface area contributed by atoms with Crippen LogP contribution in [0.25, 0.3) is 0 Å². The van der Waals surface area contributed by atoms with Crippen LogP contribution in [0.15, 0.2) is 42.5 Å². The molecule has 0 spiro atoms. The molecule has 1 nitrogen and oxygen atoms in total. The van der Waals surface area contributed by atoms with Crippen molar-refractivity contribution in [2.75, 3.05) is 0 Å². The first-order valence-electron chi connectivity index (χ1n) is 6.44. The van der Waals surface area contributed by atoms with Gasteiger partial charge in [-0.15, -0.1) is 0 Å². The molecule has 0 bridgehead atoms. The lowest BCUT2D eigenvalue weighted by Gasteiger charge is -2.22. The molecule has 2 aromatic rings. The molecular formula is C16H16Cl3N. The Hall–Kier alpha value is -0.730. The van der Waals surface area contributed by atoms with Gasteiger partial charge in [0.05, 0.1) is 0 Å². The zero-order valence-corrected chi connectivity index (χ0v) is 13.6. The summed E-state index contributed by atoms with van der Waals surface area (Å²) in [7, 11) is 0. The molecule has 2 rings (SSSR count). The highest BCUT2D eigenvalue weighted by molar-refractivity contribution is 6.33. The lowest BCUT2D eigenvalue weighted by molar-refractivity contribution is 0.495. The van der Waals surface area contributed by atoms with E-state index in [1.807, 2.05) is 30.3 Å². The molecule has 0 radical (unpaired) electrons. The molecule has 0 saturated carbocycles. The summed E-state index contributed by atoms with van der Waals surface area (Å²) in [5.41, 5.74) is 2.13. The van der Waals surface area contributed by atoms with E-state index in [1.54, 1.807) is 6.07 Å². The zero-order chi connectivity index (χ0) is 14.7. The van der Waals surface area contributed by atoms with E-state index in [0.717, 1.165) is 16.1 Å². The van der Waals surface area contributed by atoms with Crippen molar-refractivity contribution in [1.82, 2.24) is 5.32 Å². The Morgan fingerprint density at radius 3 is 2.25 bits per heavy atom. The van der Waals surface area contributed by atoms with Gasteiger partial charge in [-0.3, -0.25) is 0 Å². The van der Waals surface area contributed by atoms with Gasteiger partial charge in [-0.05, 0) is 55.3 Å². The van der Waals surface area contributed by atoms with Crippen molar-refractivity contribution in [3.8, 4) is 0 Å². The highest BCUT2D eigenvalue weighted by Crippen LogP contribution is 2.28. The fourth-order valence-corrected chi connectivity index (χ4v) is 2.84. The maximum Gasteiger partial charge on any atom is 0.0454 e. The standard InChI is InChI=1S/C16H16Cl3N/c1-10(12-4-3-5-13(17)8-12)20-11(2)15-9-14(18)6-7-16(15)19/h3-11,20H,1-2H3. The van der Waals surface area contributed by atoms with Crippen molar-refractivity contribution >= 4 is 34.8 Å². The molecule has 0 amide bonds. The average Bonchev–Trinajstić information content (AvgIpc) is 2.41. The van der Waals surface area contributed by atoms with Gasteiger partial charge in [0.15, 0.2) is 0 Å². The number of hydrogen-bond acceptors (Lipinski definition) is 1. The van der Waals surface area contributed by atoms with E-state index in [2.05, 4.69) is 25.2 Å². The molecule has 0 aliphatic rings. The Bertz CT molecular complexity index is 598. The summed E-state index contributed by atoms with van der Waals surface area (Å²) in [6, 6.07) is 13.6. The highest BCUT2D eigenvalue weighted by atomic mass is 35.5. The first-order valence-corrected chi connectivity index (χ1v) is 7.57. The SMILES string of the molecule is CC(NC(C)c1cc(Cl)ccc1Cl)c1cccc(Cl)c1. The van der Waals surface area contributed by atoms with E-state index in [-0.39, 0.29) is 12.1 Å². The van der Waals surface area contributed by atoms with E-state index in [0.29, 0.717) is 10.0 Å². The van der Waals surface area contributed by atoms with E-state index >= 15 is 0 Å². The first-order chi connectivity index (χ1) is 9.47. The number of halogens is 3. The van der Waals surface area contributed by atoms with Crippen LogP contribution in [0.2, 0.25) is 15.1 Å². The lowest BCUT2D eigenvalue weighted by atomic mass is 10.0. The topological polar surface area (TPSA) is 12.0 Å². The van der Waals surface area contributed by atoms with Crippen LogP contribution in [0.1, 0.15) is 37.1 Å². The molecule has 20 heavy (non-hydrogen) atoms. The molecule has 2 aromatic carbocycles. The summed E-state index contributed by atoms with van der Waals surface area (Å²) in [6.07, 6.45) is 0. The van der Waals surface area contributed by atoms with E-state index in [9.17, 15) is 0 Å². The molecular weight excluding hydrogens is 313 g/mol. The molecule has 2 unspecified atom stereocenters. The molecule has 0 aliphatic heterocycles. The van der Waals surface area contributed by atoms with Crippen LogP contribution in [-0.2, 0) is 0 Å². The third-order valence-corrected chi connectivity index (χ3v) is 4.09. The molecule has 0 heterocycles. The molecule has 1 N–H and O–H groups in total. The van der Waals surface area contributed by atoms with Crippen molar-refractivity contribution in [2.45, 2.75) is 25.9 Å². The first kappa shape index (κ1) is 15.7. The van der Waals surface area contributed by atoms with Crippen molar-refractivity contribution < 1.29 is 0 Å². The van der Waals surface area contributed by atoms with Gasteiger partial charge in [0, 0.05) is 27.2 Å². The number of rotatable bonds is 4.